The number of likely N-dealkylation sites (N-methyl/N-ethyl adjacent to an activating group) is 1. The van der Waals surface area contributed by atoms with E-state index in [9.17, 15) is 14.4 Å². The molecule has 94 valence electrons. The van der Waals surface area contributed by atoms with E-state index in [1.807, 2.05) is 0 Å². The van der Waals surface area contributed by atoms with E-state index in [0.717, 1.165) is 4.90 Å². The zero-order chi connectivity index (χ0) is 13.0. The summed E-state index contributed by atoms with van der Waals surface area (Å²) in [5, 5.41) is 2.83. The van der Waals surface area contributed by atoms with Crippen molar-refractivity contribution in [3.05, 3.63) is 0 Å². The fourth-order valence-corrected chi connectivity index (χ4v) is 2.50. The number of ether oxygens (including phenoxy) is 1. The molecule has 2 fully saturated rings. The summed E-state index contributed by atoms with van der Waals surface area (Å²) in [6, 6.07) is -0.851. The van der Waals surface area contributed by atoms with Crippen LogP contribution in [0.3, 0.4) is 0 Å². The summed E-state index contributed by atoms with van der Waals surface area (Å²) in [6.45, 7) is 2.99. The number of esters is 1. The minimum Gasteiger partial charge on any atom is -0.442 e. The molecule has 3 amide bonds. The van der Waals surface area contributed by atoms with Gasteiger partial charge in [-0.05, 0) is 6.92 Å². The number of amides is 3. The lowest BCUT2D eigenvalue weighted by Gasteiger charge is -2.59. The van der Waals surface area contributed by atoms with E-state index in [4.69, 9.17) is 4.74 Å². The minimum atomic E-state index is -0.905. The molecule has 17 heavy (non-hydrogen) atoms. The molecule has 0 aromatic carbocycles. The molecule has 7 heteroatoms. The lowest BCUT2D eigenvalue weighted by Crippen LogP contribution is -2.79. The number of hydrogen-bond acceptors (Lipinski definition) is 5. The Kier molecular flexibility index (Phi) is 2.39. The zero-order valence-electron chi connectivity index (χ0n) is 10.3. The van der Waals surface area contributed by atoms with Crippen molar-refractivity contribution >= 4 is 17.9 Å². The van der Waals surface area contributed by atoms with Crippen LogP contribution in [0.1, 0.15) is 20.3 Å². The molecule has 7 nitrogen and oxygen atoms in total. The molecular weight excluding hydrogens is 226 g/mol. The summed E-state index contributed by atoms with van der Waals surface area (Å²) >= 11 is 0. The van der Waals surface area contributed by atoms with Gasteiger partial charge in [0.15, 0.2) is 5.72 Å². The van der Waals surface area contributed by atoms with Gasteiger partial charge in [0.1, 0.15) is 6.04 Å². The van der Waals surface area contributed by atoms with Gasteiger partial charge in [-0.25, -0.2) is 4.79 Å². The topological polar surface area (TPSA) is 70.2 Å². The van der Waals surface area contributed by atoms with Crippen molar-refractivity contribution in [2.45, 2.75) is 32.0 Å². The molecule has 0 aromatic heterocycles. The molecule has 2 heterocycles. The van der Waals surface area contributed by atoms with E-state index in [-0.39, 0.29) is 5.91 Å². The van der Waals surface area contributed by atoms with E-state index in [1.54, 1.807) is 14.0 Å². The number of carbonyl (C=O) groups is 3. The van der Waals surface area contributed by atoms with Crippen LogP contribution in [0.4, 0.5) is 4.79 Å². The molecule has 2 saturated heterocycles. The van der Waals surface area contributed by atoms with Crippen molar-refractivity contribution in [2.75, 3.05) is 14.1 Å². The first-order chi connectivity index (χ1) is 7.78. The van der Waals surface area contributed by atoms with Gasteiger partial charge in [-0.3, -0.25) is 19.5 Å². The highest BCUT2D eigenvalue weighted by atomic mass is 16.6. The molecule has 0 bridgehead atoms. The van der Waals surface area contributed by atoms with E-state index < -0.39 is 23.8 Å². The van der Waals surface area contributed by atoms with Gasteiger partial charge >= 0.3 is 12.0 Å². The molecule has 2 unspecified atom stereocenters. The predicted octanol–water partition coefficient (Wildman–Crippen LogP) is -0.221. The lowest BCUT2D eigenvalue weighted by molar-refractivity contribution is -0.289. The lowest BCUT2D eigenvalue weighted by atomic mass is 9.90. The summed E-state index contributed by atoms with van der Waals surface area (Å²) in [4.78, 5) is 35.7. The van der Waals surface area contributed by atoms with Crippen LogP contribution in [0.15, 0.2) is 0 Å². The zero-order valence-corrected chi connectivity index (χ0v) is 10.3. The Bertz CT molecular complexity index is 392. The van der Waals surface area contributed by atoms with E-state index in [0.29, 0.717) is 6.42 Å². The highest BCUT2D eigenvalue weighted by molar-refractivity contribution is 5.99. The fraction of sp³-hybridized carbons (Fsp3) is 0.700. The molecule has 0 aromatic rings. The van der Waals surface area contributed by atoms with Crippen molar-refractivity contribution in [1.82, 2.24) is 14.9 Å². The van der Waals surface area contributed by atoms with Crippen LogP contribution in [0.2, 0.25) is 0 Å². The fourth-order valence-electron chi connectivity index (χ4n) is 2.50. The summed E-state index contributed by atoms with van der Waals surface area (Å²) in [5.41, 5.74) is -0.905. The first-order valence-electron chi connectivity index (χ1n) is 5.32. The maximum absolute atomic E-state index is 11.8. The highest BCUT2D eigenvalue weighted by Crippen LogP contribution is 2.41. The number of imide groups is 1. The quantitative estimate of drug-likeness (QED) is 0.593. The smallest absolute Gasteiger partial charge is 0.340 e. The Hall–Kier alpha value is -1.63. The monoisotopic (exact) mass is 241 g/mol. The molecular formula is C10H15N3O4. The van der Waals surface area contributed by atoms with Gasteiger partial charge in [-0.15, -0.1) is 0 Å². The number of hydrogen-bond donors (Lipinski definition) is 0. The number of urea groups is 1. The number of rotatable bonds is 1. The van der Waals surface area contributed by atoms with Crippen molar-refractivity contribution in [2.24, 2.45) is 0 Å². The van der Waals surface area contributed by atoms with Crippen LogP contribution in [0, 0.1) is 0 Å². The Balaban J connectivity index is 2.25. The maximum Gasteiger partial charge on any atom is 0.340 e. The molecule has 0 N–H and O–H groups in total. The third-order valence-corrected chi connectivity index (χ3v) is 3.22. The standard InChI is InChI=1S/C10H15N3O4/c1-6(14)17-10(2)5-7-8(15)11(3)9(16)12(4)13(7)10/h7H,5H2,1-4H3. The molecule has 0 aliphatic carbocycles. The van der Waals surface area contributed by atoms with Crippen LogP contribution in [-0.2, 0) is 14.3 Å². The van der Waals surface area contributed by atoms with Crippen LogP contribution >= 0.6 is 0 Å². The molecule has 0 radical (unpaired) electrons. The van der Waals surface area contributed by atoms with Crippen molar-refractivity contribution in [3.63, 3.8) is 0 Å². The first kappa shape index (κ1) is 11.8. The summed E-state index contributed by atoms with van der Waals surface area (Å²) in [5.74, 6) is -0.698. The average molecular weight is 241 g/mol. The molecule has 2 atom stereocenters. The van der Waals surface area contributed by atoms with Crippen molar-refractivity contribution in [3.8, 4) is 0 Å². The second kappa shape index (κ2) is 3.43. The third kappa shape index (κ3) is 1.49. The largest absolute Gasteiger partial charge is 0.442 e. The molecule has 2 aliphatic heterocycles. The molecule has 0 saturated carbocycles. The van der Waals surface area contributed by atoms with E-state index >= 15 is 0 Å². The Morgan fingerprint density at radius 2 is 2.00 bits per heavy atom. The Morgan fingerprint density at radius 1 is 1.41 bits per heavy atom. The molecule has 2 rings (SSSR count). The van der Waals surface area contributed by atoms with Crippen molar-refractivity contribution < 1.29 is 19.1 Å². The average Bonchev–Trinajstić information content (AvgIpc) is 2.20. The number of nitrogens with zero attached hydrogens (tertiary/aromatic N) is 3. The number of hydrazine groups is 1. The molecule has 2 aliphatic rings. The Labute approximate surface area is 98.9 Å². The Morgan fingerprint density at radius 3 is 2.53 bits per heavy atom. The van der Waals surface area contributed by atoms with Crippen LogP contribution in [0.25, 0.3) is 0 Å². The first-order valence-corrected chi connectivity index (χ1v) is 5.32. The van der Waals surface area contributed by atoms with Crippen LogP contribution in [0.5, 0.6) is 0 Å². The number of fused-ring (bicyclic) bond motifs is 1. The maximum atomic E-state index is 11.8. The van der Waals surface area contributed by atoms with Crippen molar-refractivity contribution in [1.29, 1.82) is 0 Å². The third-order valence-electron chi connectivity index (χ3n) is 3.22. The minimum absolute atomic E-state index is 0.266. The van der Waals surface area contributed by atoms with Gasteiger partial charge in [0.2, 0.25) is 5.91 Å². The summed E-state index contributed by atoms with van der Waals surface area (Å²) < 4.78 is 5.17. The SMILES string of the molecule is CC(=O)OC1(C)CC2C(=O)N(C)C(=O)N(C)N21. The van der Waals surface area contributed by atoms with Crippen LogP contribution < -0.4 is 0 Å². The summed E-state index contributed by atoms with van der Waals surface area (Å²) in [6.07, 6.45) is 0.396. The second-order valence-electron chi connectivity index (χ2n) is 4.54. The molecule has 0 spiro atoms. The van der Waals surface area contributed by atoms with Gasteiger partial charge in [0.25, 0.3) is 0 Å². The van der Waals surface area contributed by atoms with Gasteiger partial charge in [-0.2, -0.15) is 5.01 Å². The second-order valence-corrected chi connectivity index (χ2v) is 4.54. The van der Waals surface area contributed by atoms with Gasteiger partial charge in [0.05, 0.1) is 0 Å². The highest BCUT2D eigenvalue weighted by Gasteiger charge is 2.61. The summed E-state index contributed by atoms with van der Waals surface area (Å²) in [7, 11) is 3.00. The van der Waals surface area contributed by atoms with Crippen LogP contribution in [-0.4, -0.2) is 58.7 Å². The number of carbonyl (C=O) groups excluding carboxylic acids is 3. The predicted molar refractivity (Wildman–Crippen MR) is 56.3 cm³/mol. The van der Waals surface area contributed by atoms with Gasteiger partial charge in [-0.1, -0.05) is 0 Å². The van der Waals surface area contributed by atoms with Gasteiger partial charge in [0, 0.05) is 27.4 Å². The van der Waals surface area contributed by atoms with Gasteiger partial charge < -0.3 is 4.74 Å². The van der Waals surface area contributed by atoms with E-state index in [2.05, 4.69) is 0 Å². The normalized spacial score (nSPS) is 33.3. The van der Waals surface area contributed by atoms with E-state index in [1.165, 1.54) is 24.0 Å².